The second kappa shape index (κ2) is 5.10. The van der Waals surface area contributed by atoms with Gasteiger partial charge in [-0.05, 0) is 48.7 Å². The summed E-state index contributed by atoms with van der Waals surface area (Å²) in [5.41, 5.74) is 3.83. The molecule has 0 unspecified atom stereocenters. The van der Waals surface area contributed by atoms with Crippen LogP contribution in [0.4, 0.5) is 5.69 Å². The first-order valence-corrected chi connectivity index (χ1v) is 6.74. The molecule has 98 valence electrons. The zero-order valence-electron chi connectivity index (χ0n) is 10.6. The van der Waals surface area contributed by atoms with Gasteiger partial charge < -0.3 is 4.42 Å². The minimum absolute atomic E-state index is 0.603. The molecule has 2 aromatic rings. The third-order valence-corrected chi connectivity index (χ3v) is 3.60. The molecule has 0 amide bonds. The average molecular weight is 275 g/mol. The summed E-state index contributed by atoms with van der Waals surface area (Å²) >= 11 is 5.81. The summed E-state index contributed by atoms with van der Waals surface area (Å²) in [6, 6.07) is 11.4. The Labute approximate surface area is 117 Å². The van der Waals surface area contributed by atoms with Crippen LogP contribution in [-0.2, 0) is 0 Å². The minimum Gasteiger partial charge on any atom is -0.460 e. The van der Waals surface area contributed by atoms with Gasteiger partial charge in [0, 0.05) is 10.9 Å². The lowest BCUT2D eigenvalue weighted by molar-refractivity contribution is 0.500. The molecule has 0 spiro atoms. The van der Waals surface area contributed by atoms with E-state index in [1.807, 2.05) is 36.4 Å². The first-order chi connectivity index (χ1) is 9.22. The predicted molar refractivity (Wildman–Crippen MR) is 77.9 cm³/mol. The first-order valence-electron chi connectivity index (χ1n) is 6.37. The molecule has 0 bridgehead atoms. The number of rotatable bonds is 4. The van der Waals surface area contributed by atoms with Crippen LogP contribution in [0.25, 0.3) is 0 Å². The van der Waals surface area contributed by atoms with Crippen LogP contribution in [-0.4, -0.2) is 6.21 Å². The number of hydrogen-bond acceptors (Lipinski definition) is 3. The van der Waals surface area contributed by atoms with Crippen LogP contribution < -0.4 is 5.43 Å². The van der Waals surface area contributed by atoms with Gasteiger partial charge >= 0.3 is 0 Å². The summed E-state index contributed by atoms with van der Waals surface area (Å²) in [5.74, 6) is 3.20. The normalized spacial score (nSPS) is 21.8. The predicted octanol–water partition coefficient (Wildman–Crippen LogP) is 4.50. The number of hydrogen-bond donors (Lipinski definition) is 1. The van der Waals surface area contributed by atoms with E-state index in [0.717, 1.165) is 23.1 Å². The van der Waals surface area contributed by atoms with E-state index in [9.17, 15) is 0 Å². The molecule has 1 saturated carbocycles. The lowest BCUT2D eigenvalue weighted by atomic mass is 10.3. The Bertz CT molecular complexity index is 588. The van der Waals surface area contributed by atoms with Crippen LogP contribution >= 0.6 is 11.6 Å². The second-order valence-corrected chi connectivity index (χ2v) is 5.37. The van der Waals surface area contributed by atoms with Crippen molar-refractivity contribution in [2.45, 2.75) is 19.3 Å². The molecule has 0 aliphatic heterocycles. The zero-order valence-corrected chi connectivity index (χ0v) is 11.4. The van der Waals surface area contributed by atoms with Gasteiger partial charge in [0.1, 0.15) is 11.5 Å². The molecule has 1 aromatic carbocycles. The number of halogens is 1. The molecule has 2 atom stereocenters. The average Bonchev–Trinajstić information content (AvgIpc) is 2.96. The van der Waals surface area contributed by atoms with Gasteiger partial charge in [0.2, 0.25) is 0 Å². The van der Waals surface area contributed by atoms with Crippen molar-refractivity contribution in [2.24, 2.45) is 11.0 Å². The van der Waals surface area contributed by atoms with Crippen molar-refractivity contribution in [1.82, 2.24) is 0 Å². The lowest BCUT2D eigenvalue weighted by Crippen LogP contribution is -1.89. The molecule has 3 nitrogen and oxygen atoms in total. The van der Waals surface area contributed by atoms with Crippen LogP contribution in [0, 0.1) is 5.92 Å². The van der Waals surface area contributed by atoms with E-state index in [4.69, 9.17) is 16.0 Å². The molecule has 1 aliphatic carbocycles. The largest absolute Gasteiger partial charge is 0.460 e. The van der Waals surface area contributed by atoms with E-state index in [-0.39, 0.29) is 0 Å². The monoisotopic (exact) mass is 274 g/mol. The van der Waals surface area contributed by atoms with Crippen molar-refractivity contribution in [2.75, 3.05) is 5.43 Å². The van der Waals surface area contributed by atoms with Crippen LogP contribution in [0.1, 0.15) is 30.8 Å². The Morgan fingerprint density at radius 1 is 1.26 bits per heavy atom. The van der Waals surface area contributed by atoms with Gasteiger partial charge in [-0.3, -0.25) is 5.43 Å². The summed E-state index contributed by atoms with van der Waals surface area (Å²) in [7, 11) is 0. The number of nitrogens with one attached hydrogen (secondary N) is 1. The molecule has 0 radical (unpaired) electrons. The number of anilines is 1. The Hall–Kier alpha value is -1.74. The van der Waals surface area contributed by atoms with Crippen molar-refractivity contribution in [3.05, 3.63) is 52.9 Å². The second-order valence-electron chi connectivity index (χ2n) is 4.94. The number of benzene rings is 1. The van der Waals surface area contributed by atoms with Gasteiger partial charge in [0.25, 0.3) is 0 Å². The maximum atomic E-state index is 5.81. The van der Waals surface area contributed by atoms with Crippen molar-refractivity contribution >= 4 is 23.5 Å². The first kappa shape index (κ1) is 12.3. The smallest absolute Gasteiger partial charge is 0.147 e. The van der Waals surface area contributed by atoms with E-state index in [1.165, 1.54) is 6.42 Å². The van der Waals surface area contributed by atoms with E-state index >= 15 is 0 Å². The van der Waals surface area contributed by atoms with Crippen LogP contribution in [0.3, 0.4) is 0 Å². The molecule has 1 aliphatic rings. The van der Waals surface area contributed by atoms with E-state index in [1.54, 1.807) is 6.21 Å². The zero-order chi connectivity index (χ0) is 13.2. The van der Waals surface area contributed by atoms with E-state index in [2.05, 4.69) is 17.5 Å². The molecule has 3 rings (SSSR count). The minimum atomic E-state index is 0.603. The van der Waals surface area contributed by atoms with E-state index < -0.39 is 0 Å². The van der Waals surface area contributed by atoms with Gasteiger partial charge in [-0.1, -0.05) is 18.5 Å². The molecule has 1 N–H and O–H groups in total. The van der Waals surface area contributed by atoms with Crippen LogP contribution in [0.2, 0.25) is 5.02 Å². The van der Waals surface area contributed by atoms with Crippen molar-refractivity contribution in [3.63, 3.8) is 0 Å². The summed E-state index contributed by atoms with van der Waals surface area (Å²) < 4.78 is 5.72. The highest BCUT2D eigenvalue weighted by atomic mass is 35.5. The summed E-state index contributed by atoms with van der Waals surface area (Å²) in [5, 5.41) is 4.85. The fourth-order valence-corrected chi connectivity index (χ4v) is 2.18. The number of nitrogens with zero attached hydrogens (tertiary/aromatic N) is 1. The van der Waals surface area contributed by atoms with Gasteiger partial charge in [-0.15, -0.1) is 0 Å². The highest BCUT2D eigenvalue weighted by Gasteiger charge is 2.36. The Morgan fingerprint density at radius 3 is 2.68 bits per heavy atom. The SMILES string of the molecule is C[C@H]1C[C@H]1c1ccc(/C=N\Nc2ccc(Cl)cc2)o1. The molecule has 19 heavy (non-hydrogen) atoms. The summed E-state index contributed by atoms with van der Waals surface area (Å²) in [6.45, 7) is 2.24. The third kappa shape index (κ3) is 2.99. The van der Waals surface area contributed by atoms with Crippen LogP contribution in [0.5, 0.6) is 0 Å². The van der Waals surface area contributed by atoms with Crippen molar-refractivity contribution < 1.29 is 4.42 Å². The molecule has 0 saturated heterocycles. The molecule has 1 heterocycles. The number of furan rings is 1. The Balaban J connectivity index is 1.60. The van der Waals surface area contributed by atoms with Crippen molar-refractivity contribution in [3.8, 4) is 0 Å². The molecule has 1 aromatic heterocycles. The Kier molecular flexibility index (Phi) is 3.30. The Morgan fingerprint density at radius 2 is 2.00 bits per heavy atom. The highest BCUT2D eigenvalue weighted by molar-refractivity contribution is 6.30. The molecular weight excluding hydrogens is 260 g/mol. The fraction of sp³-hybridized carbons (Fsp3) is 0.267. The molecule has 1 fully saturated rings. The molecule has 4 heteroatoms. The van der Waals surface area contributed by atoms with Gasteiger partial charge in [-0.2, -0.15) is 5.10 Å². The number of hydrazone groups is 1. The maximum Gasteiger partial charge on any atom is 0.147 e. The summed E-state index contributed by atoms with van der Waals surface area (Å²) in [4.78, 5) is 0. The lowest BCUT2D eigenvalue weighted by Gasteiger charge is -1.98. The standard InChI is InChI=1S/C15H15ClN2O/c1-10-8-14(10)15-7-6-13(19-15)9-17-18-12-4-2-11(16)3-5-12/h2-7,9-10,14,18H,8H2,1H3/b17-9-/t10-,14+/m0/s1. The maximum absolute atomic E-state index is 5.81. The molecular formula is C15H15ClN2O. The summed E-state index contributed by atoms with van der Waals surface area (Å²) in [6.07, 6.45) is 2.91. The van der Waals surface area contributed by atoms with Gasteiger partial charge in [0.05, 0.1) is 11.9 Å². The van der Waals surface area contributed by atoms with E-state index in [0.29, 0.717) is 10.9 Å². The quantitative estimate of drug-likeness (QED) is 0.658. The highest BCUT2D eigenvalue weighted by Crippen LogP contribution is 2.47. The van der Waals surface area contributed by atoms with Crippen LogP contribution in [0.15, 0.2) is 45.9 Å². The third-order valence-electron chi connectivity index (χ3n) is 3.35. The van der Waals surface area contributed by atoms with Gasteiger partial charge in [0.15, 0.2) is 0 Å². The van der Waals surface area contributed by atoms with Gasteiger partial charge in [-0.25, -0.2) is 0 Å². The topological polar surface area (TPSA) is 37.5 Å². The fourth-order valence-electron chi connectivity index (χ4n) is 2.05. The van der Waals surface area contributed by atoms with Crippen molar-refractivity contribution in [1.29, 1.82) is 0 Å².